The molecule has 2 heterocycles. The summed E-state index contributed by atoms with van der Waals surface area (Å²) in [6.07, 6.45) is 1.21. The van der Waals surface area contributed by atoms with Crippen molar-refractivity contribution in [3.63, 3.8) is 0 Å². The van der Waals surface area contributed by atoms with Gasteiger partial charge in [-0.3, -0.25) is 4.79 Å². The Morgan fingerprint density at radius 2 is 2.20 bits per heavy atom. The van der Waals surface area contributed by atoms with Gasteiger partial charge in [-0.05, 0) is 30.2 Å². The van der Waals surface area contributed by atoms with Crippen molar-refractivity contribution in [1.82, 2.24) is 10.3 Å². The number of aliphatic hydroxyl groups is 1. The number of rotatable bonds is 2. The number of aliphatic carboxylic acids is 1. The summed E-state index contributed by atoms with van der Waals surface area (Å²) in [6, 6.07) is 4.35. The molecule has 1 aliphatic rings. The molecule has 1 fully saturated rings. The molecule has 4 N–H and O–H groups in total. The summed E-state index contributed by atoms with van der Waals surface area (Å²) in [7, 11) is 0. The third-order valence-electron chi connectivity index (χ3n) is 3.89. The van der Waals surface area contributed by atoms with E-state index in [-0.39, 0.29) is 18.4 Å². The summed E-state index contributed by atoms with van der Waals surface area (Å²) in [5, 5.41) is 22.9. The highest BCUT2D eigenvalue weighted by Crippen LogP contribution is 2.31. The molecule has 0 aliphatic carbocycles. The molecule has 1 aromatic carbocycles. The Labute approximate surface area is 114 Å². The molecular weight excluding hydrogens is 263 g/mol. The van der Waals surface area contributed by atoms with Gasteiger partial charge in [0, 0.05) is 29.7 Å². The first-order chi connectivity index (χ1) is 9.56. The highest BCUT2D eigenvalue weighted by Gasteiger charge is 2.34. The van der Waals surface area contributed by atoms with Gasteiger partial charge in [-0.1, -0.05) is 0 Å². The molecule has 2 aromatic rings. The molecule has 0 spiro atoms. The maximum Gasteiger partial charge on any atom is 0.310 e. The fraction of sp³-hybridized carbons (Fsp3) is 0.357. The van der Waals surface area contributed by atoms with Crippen molar-refractivity contribution in [2.45, 2.75) is 18.6 Å². The van der Waals surface area contributed by atoms with E-state index in [2.05, 4.69) is 10.3 Å². The summed E-state index contributed by atoms with van der Waals surface area (Å²) < 4.78 is 13.1. The van der Waals surface area contributed by atoms with Gasteiger partial charge in [0.2, 0.25) is 0 Å². The number of halogens is 1. The molecule has 3 atom stereocenters. The summed E-state index contributed by atoms with van der Waals surface area (Å²) in [5.74, 6) is -2.09. The molecular formula is C14H15FN2O3. The van der Waals surface area contributed by atoms with Crippen LogP contribution in [0, 0.1) is 11.7 Å². The lowest BCUT2D eigenvalue weighted by Crippen LogP contribution is -2.45. The number of benzene rings is 1. The number of hydrogen-bond acceptors (Lipinski definition) is 3. The Kier molecular flexibility index (Phi) is 3.19. The summed E-state index contributed by atoms with van der Waals surface area (Å²) in [5.41, 5.74) is 1.61. The first-order valence-electron chi connectivity index (χ1n) is 6.47. The standard InChI is InChI=1S/C14H15FN2O3/c15-7-1-2-8-9(5-16-11(8)3-7)12-4-13(18)10(6-17-12)14(19)20/h1-3,5,10,12-13,16-18H,4,6H2,(H,19,20). The third kappa shape index (κ3) is 2.17. The number of nitrogens with one attached hydrogen (secondary N) is 2. The van der Waals surface area contributed by atoms with Crippen molar-refractivity contribution < 1.29 is 19.4 Å². The van der Waals surface area contributed by atoms with Crippen LogP contribution in [0.4, 0.5) is 4.39 Å². The van der Waals surface area contributed by atoms with E-state index in [1.807, 2.05) is 0 Å². The number of carboxylic acids is 1. The summed E-state index contributed by atoms with van der Waals surface area (Å²) >= 11 is 0. The molecule has 0 radical (unpaired) electrons. The second-order valence-electron chi connectivity index (χ2n) is 5.14. The molecule has 6 heteroatoms. The van der Waals surface area contributed by atoms with Crippen LogP contribution in [0.15, 0.2) is 24.4 Å². The van der Waals surface area contributed by atoms with Crippen LogP contribution >= 0.6 is 0 Å². The van der Waals surface area contributed by atoms with Gasteiger partial charge in [0.15, 0.2) is 0 Å². The second kappa shape index (κ2) is 4.88. The fourth-order valence-electron chi connectivity index (χ4n) is 2.79. The number of carbonyl (C=O) groups is 1. The lowest BCUT2D eigenvalue weighted by molar-refractivity contribution is -0.147. The molecule has 5 nitrogen and oxygen atoms in total. The predicted octanol–water partition coefficient (Wildman–Crippen LogP) is 1.40. The third-order valence-corrected chi connectivity index (χ3v) is 3.89. The van der Waals surface area contributed by atoms with E-state index in [4.69, 9.17) is 5.11 Å². The lowest BCUT2D eigenvalue weighted by atomic mass is 9.88. The molecule has 1 aromatic heterocycles. The van der Waals surface area contributed by atoms with Crippen molar-refractivity contribution in [3.8, 4) is 0 Å². The van der Waals surface area contributed by atoms with Crippen molar-refractivity contribution in [2.75, 3.05) is 6.54 Å². The smallest absolute Gasteiger partial charge is 0.310 e. The number of aromatic nitrogens is 1. The number of piperidine rings is 1. The van der Waals surface area contributed by atoms with E-state index in [1.165, 1.54) is 12.1 Å². The highest BCUT2D eigenvalue weighted by atomic mass is 19.1. The first-order valence-corrected chi connectivity index (χ1v) is 6.47. The minimum Gasteiger partial charge on any atom is -0.481 e. The van der Waals surface area contributed by atoms with Gasteiger partial charge in [-0.15, -0.1) is 0 Å². The van der Waals surface area contributed by atoms with Crippen LogP contribution in [0.25, 0.3) is 10.9 Å². The van der Waals surface area contributed by atoms with Crippen molar-refractivity contribution in [3.05, 3.63) is 35.8 Å². The van der Waals surface area contributed by atoms with Gasteiger partial charge in [0.25, 0.3) is 0 Å². The fourth-order valence-corrected chi connectivity index (χ4v) is 2.79. The van der Waals surface area contributed by atoms with Crippen LogP contribution in [-0.2, 0) is 4.79 Å². The number of hydrogen-bond donors (Lipinski definition) is 4. The van der Waals surface area contributed by atoms with Gasteiger partial charge in [-0.2, -0.15) is 0 Å². The van der Waals surface area contributed by atoms with E-state index in [1.54, 1.807) is 12.3 Å². The van der Waals surface area contributed by atoms with Crippen LogP contribution in [0.1, 0.15) is 18.0 Å². The van der Waals surface area contributed by atoms with Crippen LogP contribution in [0.3, 0.4) is 0 Å². The number of H-pyrrole nitrogens is 1. The largest absolute Gasteiger partial charge is 0.481 e. The predicted molar refractivity (Wildman–Crippen MR) is 70.8 cm³/mol. The maximum atomic E-state index is 13.1. The Hall–Kier alpha value is -1.92. The van der Waals surface area contributed by atoms with Crippen molar-refractivity contribution in [1.29, 1.82) is 0 Å². The van der Waals surface area contributed by atoms with E-state index < -0.39 is 18.0 Å². The van der Waals surface area contributed by atoms with Crippen LogP contribution in [0.5, 0.6) is 0 Å². The van der Waals surface area contributed by atoms with E-state index >= 15 is 0 Å². The Balaban J connectivity index is 1.88. The number of aromatic amines is 1. The zero-order chi connectivity index (χ0) is 14.3. The van der Waals surface area contributed by atoms with Crippen LogP contribution in [0.2, 0.25) is 0 Å². The summed E-state index contributed by atoms with van der Waals surface area (Å²) in [6.45, 7) is 0.217. The minimum absolute atomic E-state index is 0.139. The Morgan fingerprint density at radius 1 is 1.40 bits per heavy atom. The zero-order valence-corrected chi connectivity index (χ0v) is 10.6. The molecule has 3 rings (SSSR count). The van der Waals surface area contributed by atoms with Crippen molar-refractivity contribution >= 4 is 16.9 Å². The maximum absolute atomic E-state index is 13.1. The number of carboxylic acid groups (broad SMARTS) is 1. The average Bonchev–Trinajstić information content (AvgIpc) is 2.80. The Bertz CT molecular complexity index is 655. The molecule has 1 aliphatic heterocycles. The van der Waals surface area contributed by atoms with Crippen LogP contribution in [-0.4, -0.2) is 33.8 Å². The van der Waals surface area contributed by atoms with Crippen LogP contribution < -0.4 is 5.32 Å². The van der Waals surface area contributed by atoms with E-state index in [0.717, 1.165) is 10.9 Å². The molecule has 1 saturated heterocycles. The summed E-state index contributed by atoms with van der Waals surface area (Å²) in [4.78, 5) is 14.0. The molecule has 0 amide bonds. The molecule has 0 bridgehead atoms. The van der Waals surface area contributed by atoms with Gasteiger partial charge < -0.3 is 20.5 Å². The monoisotopic (exact) mass is 278 g/mol. The number of aliphatic hydroxyl groups excluding tert-OH is 1. The number of fused-ring (bicyclic) bond motifs is 1. The first kappa shape index (κ1) is 13.1. The van der Waals surface area contributed by atoms with Gasteiger partial charge >= 0.3 is 5.97 Å². The molecule has 3 unspecified atom stereocenters. The van der Waals surface area contributed by atoms with Gasteiger partial charge in [0.1, 0.15) is 5.82 Å². The van der Waals surface area contributed by atoms with Gasteiger partial charge in [0.05, 0.1) is 12.0 Å². The second-order valence-corrected chi connectivity index (χ2v) is 5.14. The molecule has 20 heavy (non-hydrogen) atoms. The normalized spacial score (nSPS) is 26.8. The SMILES string of the molecule is O=C(O)C1CNC(c2c[nH]c3cc(F)ccc23)CC1O. The lowest BCUT2D eigenvalue weighted by Gasteiger charge is -2.31. The zero-order valence-electron chi connectivity index (χ0n) is 10.6. The topological polar surface area (TPSA) is 85.4 Å². The highest BCUT2D eigenvalue weighted by molar-refractivity contribution is 5.83. The van der Waals surface area contributed by atoms with Crippen molar-refractivity contribution in [2.24, 2.45) is 5.92 Å². The minimum atomic E-state index is -0.996. The quantitative estimate of drug-likeness (QED) is 0.669. The average molecular weight is 278 g/mol. The molecule has 106 valence electrons. The van der Waals surface area contributed by atoms with E-state index in [9.17, 15) is 14.3 Å². The Morgan fingerprint density at radius 3 is 2.90 bits per heavy atom. The van der Waals surface area contributed by atoms with Gasteiger partial charge in [-0.25, -0.2) is 4.39 Å². The van der Waals surface area contributed by atoms with E-state index in [0.29, 0.717) is 11.9 Å². The molecule has 0 saturated carbocycles.